The van der Waals surface area contributed by atoms with Crippen molar-refractivity contribution in [1.29, 1.82) is 0 Å². The quantitative estimate of drug-likeness (QED) is 0.584. The number of carbonyl (C=O) groups excluding carboxylic acids is 2. The van der Waals surface area contributed by atoms with Gasteiger partial charge in [0.15, 0.2) is 0 Å². The van der Waals surface area contributed by atoms with E-state index in [1.807, 2.05) is 6.07 Å². The molecule has 3 N–H and O–H groups in total. The first-order valence-electron chi connectivity index (χ1n) is 9.34. The van der Waals surface area contributed by atoms with Crippen LogP contribution in [0.4, 0.5) is 5.69 Å². The number of amides is 2. The van der Waals surface area contributed by atoms with E-state index < -0.39 is 12.0 Å². The van der Waals surface area contributed by atoms with Gasteiger partial charge in [-0.25, -0.2) is 4.79 Å². The average molecular weight is 390 g/mol. The lowest BCUT2D eigenvalue weighted by atomic mass is 10.0. The van der Waals surface area contributed by atoms with Crippen LogP contribution < -0.4 is 20.3 Å². The summed E-state index contributed by atoms with van der Waals surface area (Å²) >= 11 is 0. The Morgan fingerprint density at radius 1 is 1.29 bits per heavy atom. The summed E-state index contributed by atoms with van der Waals surface area (Å²) in [6.45, 7) is 3.71. The highest BCUT2D eigenvalue weighted by Crippen LogP contribution is 2.30. The lowest BCUT2D eigenvalue weighted by molar-refractivity contribution is -0.134. The molecule has 2 aliphatic rings. The lowest BCUT2D eigenvalue weighted by Crippen LogP contribution is -2.50. The van der Waals surface area contributed by atoms with E-state index in [4.69, 9.17) is 4.74 Å². The third-order valence-corrected chi connectivity index (χ3v) is 5.25. The van der Waals surface area contributed by atoms with Crippen LogP contribution in [-0.4, -0.2) is 74.2 Å². The fourth-order valence-electron chi connectivity index (χ4n) is 3.57. The molecule has 0 aromatic heterocycles. The second kappa shape index (κ2) is 8.57. The first kappa shape index (κ1) is 20.1. The highest BCUT2D eigenvalue weighted by atomic mass is 16.5. The summed E-state index contributed by atoms with van der Waals surface area (Å²) in [6.07, 6.45) is 0.655. The molecule has 0 aliphatic carbocycles. The van der Waals surface area contributed by atoms with Crippen molar-refractivity contribution >= 4 is 23.5 Å². The zero-order valence-electron chi connectivity index (χ0n) is 16.2. The van der Waals surface area contributed by atoms with E-state index in [1.165, 1.54) is 7.11 Å². The summed E-state index contributed by atoms with van der Waals surface area (Å²) in [5.41, 5.74) is 1.53. The van der Waals surface area contributed by atoms with E-state index >= 15 is 0 Å². The van der Waals surface area contributed by atoms with Crippen molar-refractivity contribution in [2.45, 2.75) is 25.4 Å². The van der Waals surface area contributed by atoms with Gasteiger partial charge in [-0.3, -0.25) is 14.9 Å². The third kappa shape index (κ3) is 4.42. The molecule has 3 rings (SSSR count). The number of carboxylic acids is 1. The SMILES string of the molecule is COc1cc(N2CCN(C)CC2)cc(CNC2CCC(=O)NC2=O)c1C(=O)O. The Balaban J connectivity index is 1.84. The van der Waals surface area contributed by atoms with Crippen LogP contribution in [0, 0.1) is 0 Å². The zero-order chi connectivity index (χ0) is 20.3. The summed E-state index contributed by atoms with van der Waals surface area (Å²) < 4.78 is 5.36. The van der Waals surface area contributed by atoms with Crippen LogP contribution >= 0.6 is 0 Å². The molecular weight excluding hydrogens is 364 g/mol. The van der Waals surface area contributed by atoms with Crippen molar-refractivity contribution in [3.05, 3.63) is 23.3 Å². The number of carbonyl (C=O) groups is 3. The van der Waals surface area contributed by atoms with Gasteiger partial charge >= 0.3 is 5.97 Å². The monoisotopic (exact) mass is 390 g/mol. The molecule has 152 valence electrons. The van der Waals surface area contributed by atoms with Crippen LogP contribution in [0.1, 0.15) is 28.8 Å². The Labute approximate surface area is 163 Å². The molecule has 2 fully saturated rings. The van der Waals surface area contributed by atoms with Crippen LogP contribution in [0.25, 0.3) is 0 Å². The maximum absolute atomic E-state index is 12.0. The normalized spacial score (nSPS) is 20.8. The molecule has 0 spiro atoms. The molecule has 9 nitrogen and oxygen atoms in total. The number of likely N-dealkylation sites (N-methyl/N-ethyl adjacent to an activating group) is 1. The van der Waals surface area contributed by atoms with Crippen LogP contribution in [0.3, 0.4) is 0 Å². The number of rotatable bonds is 6. The smallest absolute Gasteiger partial charge is 0.339 e. The van der Waals surface area contributed by atoms with Crippen LogP contribution in [0.5, 0.6) is 5.75 Å². The van der Waals surface area contributed by atoms with E-state index in [-0.39, 0.29) is 30.3 Å². The number of benzene rings is 1. The number of anilines is 1. The number of hydrogen-bond acceptors (Lipinski definition) is 7. The Morgan fingerprint density at radius 2 is 2.00 bits per heavy atom. The lowest BCUT2D eigenvalue weighted by Gasteiger charge is -2.34. The number of nitrogens with one attached hydrogen (secondary N) is 2. The molecular formula is C19H26N4O5. The molecule has 1 unspecified atom stereocenters. The van der Waals surface area contributed by atoms with Gasteiger partial charge in [0.25, 0.3) is 0 Å². The van der Waals surface area contributed by atoms with Crippen molar-refractivity contribution in [3.8, 4) is 5.75 Å². The van der Waals surface area contributed by atoms with Gasteiger partial charge in [0.2, 0.25) is 11.8 Å². The fourth-order valence-corrected chi connectivity index (χ4v) is 3.57. The van der Waals surface area contributed by atoms with Gasteiger partial charge < -0.3 is 25.0 Å². The van der Waals surface area contributed by atoms with Crippen molar-refractivity contribution in [3.63, 3.8) is 0 Å². The first-order valence-corrected chi connectivity index (χ1v) is 9.34. The summed E-state index contributed by atoms with van der Waals surface area (Å²) in [5.74, 6) is -1.45. The molecule has 0 bridgehead atoms. The number of imide groups is 1. The molecule has 1 aromatic carbocycles. The van der Waals surface area contributed by atoms with E-state index in [0.29, 0.717) is 17.7 Å². The molecule has 1 aromatic rings. The number of ether oxygens (including phenoxy) is 1. The number of piperazine rings is 1. The number of aromatic carboxylic acids is 1. The van der Waals surface area contributed by atoms with Gasteiger partial charge in [-0.15, -0.1) is 0 Å². The maximum atomic E-state index is 12.0. The molecule has 9 heteroatoms. The van der Waals surface area contributed by atoms with E-state index in [1.54, 1.807) is 6.07 Å². The minimum Gasteiger partial charge on any atom is -0.496 e. The van der Waals surface area contributed by atoms with Crippen LogP contribution in [0.2, 0.25) is 0 Å². The largest absolute Gasteiger partial charge is 0.496 e. The number of piperidine rings is 1. The predicted octanol–water partition coefficient (Wildman–Crippen LogP) is 0.0400. The van der Waals surface area contributed by atoms with E-state index in [2.05, 4.69) is 27.5 Å². The number of carboxylic acid groups (broad SMARTS) is 1. The van der Waals surface area contributed by atoms with Crippen molar-refractivity contribution < 1.29 is 24.2 Å². The summed E-state index contributed by atoms with van der Waals surface area (Å²) in [7, 11) is 3.52. The Morgan fingerprint density at radius 3 is 2.61 bits per heavy atom. The van der Waals surface area contributed by atoms with Gasteiger partial charge in [0.1, 0.15) is 11.3 Å². The zero-order valence-corrected chi connectivity index (χ0v) is 16.2. The summed E-state index contributed by atoms with van der Waals surface area (Å²) in [5, 5.41) is 15.1. The molecule has 1 atom stereocenters. The van der Waals surface area contributed by atoms with E-state index in [0.717, 1.165) is 31.9 Å². The minimum absolute atomic E-state index is 0.0835. The molecule has 0 radical (unpaired) electrons. The summed E-state index contributed by atoms with van der Waals surface area (Å²) in [6, 6.07) is 3.07. The minimum atomic E-state index is -1.08. The standard InChI is InChI=1S/C19H26N4O5/c1-22-5-7-23(8-6-22)13-9-12(17(19(26)27)15(10-13)28-2)11-20-14-3-4-16(24)21-18(14)25/h9-10,14,20H,3-8,11H2,1-2H3,(H,26,27)(H,21,24,25). The second-order valence-corrected chi connectivity index (χ2v) is 7.16. The second-order valence-electron chi connectivity index (χ2n) is 7.16. The molecule has 2 aliphatic heterocycles. The van der Waals surface area contributed by atoms with Gasteiger partial charge in [-0.05, 0) is 25.1 Å². The fraction of sp³-hybridized carbons (Fsp3) is 0.526. The average Bonchev–Trinajstić information content (AvgIpc) is 2.67. The van der Waals surface area contributed by atoms with Crippen LogP contribution in [-0.2, 0) is 16.1 Å². The number of nitrogens with zero attached hydrogens (tertiary/aromatic N) is 2. The van der Waals surface area contributed by atoms with Crippen molar-refractivity contribution in [1.82, 2.24) is 15.5 Å². The molecule has 28 heavy (non-hydrogen) atoms. The van der Waals surface area contributed by atoms with E-state index in [9.17, 15) is 19.5 Å². The molecule has 2 amide bonds. The Kier molecular flexibility index (Phi) is 6.15. The third-order valence-electron chi connectivity index (χ3n) is 5.25. The first-order chi connectivity index (χ1) is 13.4. The predicted molar refractivity (Wildman–Crippen MR) is 103 cm³/mol. The summed E-state index contributed by atoms with van der Waals surface area (Å²) in [4.78, 5) is 39.5. The van der Waals surface area contributed by atoms with Gasteiger partial charge in [-0.2, -0.15) is 0 Å². The Bertz CT molecular complexity index is 774. The maximum Gasteiger partial charge on any atom is 0.339 e. The van der Waals surface area contributed by atoms with Gasteiger partial charge in [-0.1, -0.05) is 0 Å². The molecule has 2 heterocycles. The number of methoxy groups -OCH3 is 1. The van der Waals surface area contributed by atoms with Crippen molar-refractivity contribution in [2.75, 3.05) is 45.2 Å². The highest BCUT2D eigenvalue weighted by Gasteiger charge is 2.27. The highest BCUT2D eigenvalue weighted by molar-refractivity contribution is 6.00. The topological polar surface area (TPSA) is 111 Å². The molecule has 2 saturated heterocycles. The van der Waals surface area contributed by atoms with Crippen molar-refractivity contribution in [2.24, 2.45) is 0 Å². The Hall–Kier alpha value is -2.65. The van der Waals surface area contributed by atoms with Gasteiger partial charge in [0, 0.05) is 50.9 Å². The van der Waals surface area contributed by atoms with Gasteiger partial charge in [0.05, 0.1) is 13.2 Å². The number of hydrogen-bond donors (Lipinski definition) is 3. The van der Waals surface area contributed by atoms with Crippen LogP contribution in [0.15, 0.2) is 12.1 Å². The molecule has 0 saturated carbocycles.